The predicted molar refractivity (Wildman–Crippen MR) is 115 cm³/mol. The number of carbonyl (C=O) groups is 2. The number of aliphatic hydroxyl groups is 1. The van der Waals surface area contributed by atoms with Crippen LogP contribution in [0.15, 0.2) is 36.4 Å². The molecule has 2 bridgehead atoms. The summed E-state index contributed by atoms with van der Waals surface area (Å²) in [5.41, 5.74) is 1.54. The van der Waals surface area contributed by atoms with Gasteiger partial charge < -0.3 is 19.9 Å². The number of nitrogens with one attached hydrogen (secondary N) is 1. The van der Waals surface area contributed by atoms with Crippen molar-refractivity contribution >= 4 is 23.0 Å². The Bertz CT molecular complexity index is 828. The van der Waals surface area contributed by atoms with E-state index in [-0.39, 0.29) is 23.7 Å². The summed E-state index contributed by atoms with van der Waals surface area (Å²) in [5.74, 6) is -1.07. The number of hydrogen-bond donors (Lipinski definition) is 2. The molecule has 2 saturated heterocycles. The van der Waals surface area contributed by atoms with Gasteiger partial charge in [-0.2, -0.15) is 0 Å². The summed E-state index contributed by atoms with van der Waals surface area (Å²) in [6.45, 7) is 2.18. The largest absolute Gasteiger partial charge is 0.458 e. The van der Waals surface area contributed by atoms with Crippen LogP contribution in [0.3, 0.4) is 0 Å². The average molecular weight is 432 g/mol. The van der Waals surface area contributed by atoms with Gasteiger partial charge in [-0.3, -0.25) is 4.79 Å². The Labute approximate surface area is 181 Å². The Morgan fingerprint density at radius 1 is 1.20 bits per heavy atom. The molecule has 5 atom stereocenters. The number of allylic oxidation sites excluding steroid dienone is 2. The summed E-state index contributed by atoms with van der Waals surface area (Å²) in [4.78, 5) is 24.7. The van der Waals surface area contributed by atoms with Crippen LogP contribution in [0.5, 0.6) is 0 Å². The van der Waals surface area contributed by atoms with E-state index < -0.39 is 17.9 Å². The maximum atomic E-state index is 13.0. The lowest BCUT2D eigenvalue weighted by molar-refractivity contribution is -0.282. The van der Waals surface area contributed by atoms with E-state index in [0.717, 1.165) is 43.0 Å². The summed E-state index contributed by atoms with van der Waals surface area (Å²) in [5, 5.41) is 13.9. The number of rotatable bonds is 1. The third kappa shape index (κ3) is 4.90. The van der Waals surface area contributed by atoms with Crippen molar-refractivity contribution in [3.05, 3.63) is 47.5 Å². The lowest BCUT2D eigenvalue weighted by atomic mass is 9.90. The molecular weight excluding hydrogens is 402 g/mol. The molecule has 0 radical (unpaired) electrons. The van der Waals surface area contributed by atoms with E-state index in [1.807, 2.05) is 18.2 Å². The Hall–Kier alpha value is -1.83. The highest BCUT2D eigenvalue weighted by molar-refractivity contribution is 8.14. The second-order valence-electron chi connectivity index (χ2n) is 8.53. The van der Waals surface area contributed by atoms with Gasteiger partial charge in [0, 0.05) is 18.6 Å². The van der Waals surface area contributed by atoms with Gasteiger partial charge in [0.15, 0.2) is 5.79 Å². The highest BCUT2D eigenvalue weighted by atomic mass is 32.2. The van der Waals surface area contributed by atoms with Gasteiger partial charge in [-0.05, 0) is 43.2 Å². The molecule has 0 aromatic heterocycles. The molecule has 3 aliphatic rings. The lowest BCUT2D eigenvalue weighted by Crippen LogP contribution is -2.58. The molecule has 1 amide bonds. The highest BCUT2D eigenvalue weighted by Crippen LogP contribution is 2.37. The van der Waals surface area contributed by atoms with Gasteiger partial charge in [-0.25, -0.2) is 4.79 Å². The Morgan fingerprint density at radius 3 is 2.83 bits per heavy atom. The predicted octanol–water partition coefficient (Wildman–Crippen LogP) is 3.82. The molecule has 162 valence electrons. The Balaban J connectivity index is 1.60. The monoisotopic (exact) mass is 431 g/mol. The van der Waals surface area contributed by atoms with Crippen LogP contribution in [-0.4, -0.2) is 46.1 Å². The Kier molecular flexibility index (Phi) is 6.51. The molecule has 2 N–H and O–H groups in total. The summed E-state index contributed by atoms with van der Waals surface area (Å²) < 4.78 is 12.0. The fraction of sp³-hybridized carbons (Fsp3) is 0.565. The molecule has 1 aromatic rings. The van der Waals surface area contributed by atoms with Gasteiger partial charge >= 0.3 is 5.97 Å². The molecule has 0 saturated carbocycles. The zero-order chi connectivity index (χ0) is 21.1. The molecule has 2 fully saturated rings. The number of hydrogen-bond acceptors (Lipinski definition) is 6. The van der Waals surface area contributed by atoms with Crippen LogP contribution < -0.4 is 5.32 Å². The lowest BCUT2D eigenvalue weighted by Gasteiger charge is -2.43. The topological polar surface area (TPSA) is 84.9 Å². The molecule has 1 aromatic carbocycles. The number of aryl methyl sites for hydroxylation is 1. The molecule has 0 spiro atoms. The molecular formula is C23H29NO5S. The fourth-order valence-electron chi connectivity index (χ4n) is 4.47. The number of amides is 1. The molecule has 30 heavy (non-hydrogen) atoms. The SMILES string of the molecule is C[C@@H]1/C=C\CCc2ccccc2C(=O)O[C@@H]2CC(CC1)O[C@@](O)([C@@H]1CSC(=O)N1)C2. The number of benzene rings is 1. The zero-order valence-corrected chi connectivity index (χ0v) is 18.0. The first kappa shape index (κ1) is 21.4. The molecule has 3 heterocycles. The van der Waals surface area contributed by atoms with Gasteiger partial charge in [-0.1, -0.05) is 49.0 Å². The van der Waals surface area contributed by atoms with Crippen molar-refractivity contribution < 1.29 is 24.2 Å². The van der Waals surface area contributed by atoms with Crippen molar-refractivity contribution in [2.45, 2.75) is 69.5 Å². The van der Waals surface area contributed by atoms with Crippen LogP contribution in [0.4, 0.5) is 4.79 Å². The van der Waals surface area contributed by atoms with E-state index in [4.69, 9.17) is 9.47 Å². The number of carbonyl (C=O) groups excluding carboxylic acids is 2. The highest BCUT2D eigenvalue weighted by Gasteiger charge is 2.49. The van der Waals surface area contributed by atoms with E-state index in [0.29, 0.717) is 23.7 Å². The fourth-order valence-corrected chi connectivity index (χ4v) is 5.36. The van der Waals surface area contributed by atoms with Crippen molar-refractivity contribution in [2.24, 2.45) is 5.92 Å². The van der Waals surface area contributed by atoms with Crippen molar-refractivity contribution in [3.8, 4) is 0 Å². The number of thioether (sulfide) groups is 1. The number of fused-ring (bicyclic) bond motifs is 3. The summed E-state index contributed by atoms with van der Waals surface area (Å²) in [7, 11) is 0. The van der Waals surface area contributed by atoms with Crippen molar-refractivity contribution in [3.63, 3.8) is 0 Å². The standard InChI is InChI=1S/C23H29NO5S/c1-15-6-2-3-7-16-8-4-5-9-19(16)21(25)28-18-12-17(11-10-15)29-23(27,13-18)20-14-30-22(26)24-20/h2,4-6,8-9,15,17-18,20,27H,3,7,10-14H2,1H3,(H,24,26)/b6-2-/t15-,17?,18-,20+,23-/m1/s1. The van der Waals surface area contributed by atoms with Crippen LogP contribution in [-0.2, 0) is 15.9 Å². The first-order valence-electron chi connectivity index (χ1n) is 10.7. The first-order valence-corrected chi connectivity index (χ1v) is 11.7. The normalized spacial score (nSPS) is 36.2. The van der Waals surface area contributed by atoms with Gasteiger partial charge in [0.1, 0.15) is 6.10 Å². The van der Waals surface area contributed by atoms with Gasteiger partial charge in [0.2, 0.25) is 0 Å². The minimum absolute atomic E-state index is 0.151. The van der Waals surface area contributed by atoms with E-state index in [1.54, 1.807) is 6.07 Å². The summed E-state index contributed by atoms with van der Waals surface area (Å²) in [6, 6.07) is 7.03. The third-order valence-electron chi connectivity index (χ3n) is 6.13. The smallest absolute Gasteiger partial charge is 0.338 e. The third-order valence-corrected chi connectivity index (χ3v) is 7.01. The minimum atomic E-state index is -1.54. The molecule has 1 unspecified atom stereocenters. The number of ether oxygens (including phenoxy) is 2. The maximum Gasteiger partial charge on any atom is 0.338 e. The van der Waals surface area contributed by atoms with Gasteiger partial charge in [0.05, 0.1) is 17.7 Å². The molecule has 3 aliphatic heterocycles. The van der Waals surface area contributed by atoms with E-state index in [1.165, 1.54) is 0 Å². The summed E-state index contributed by atoms with van der Waals surface area (Å²) in [6.07, 6.45) is 7.70. The second-order valence-corrected chi connectivity index (χ2v) is 9.52. The number of esters is 1. The van der Waals surface area contributed by atoms with Crippen molar-refractivity contribution in [2.75, 3.05) is 5.75 Å². The summed E-state index contributed by atoms with van der Waals surface area (Å²) >= 11 is 1.14. The van der Waals surface area contributed by atoms with Gasteiger partial charge in [-0.15, -0.1) is 0 Å². The van der Waals surface area contributed by atoms with Crippen LogP contribution in [0, 0.1) is 5.92 Å². The van der Waals surface area contributed by atoms with E-state index in [2.05, 4.69) is 24.4 Å². The Morgan fingerprint density at radius 2 is 2.03 bits per heavy atom. The zero-order valence-electron chi connectivity index (χ0n) is 17.2. The molecule has 4 rings (SSSR count). The average Bonchev–Trinajstić information content (AvgIpc) is 3.16. The van der Waals surface area contributed by atoms with Crippen LogP contribution in [0.2, 0.25) is 0 Å². The quantitative estimate of drug-likeness (QED) is 0.519. The van der Waals surface area contributed by atoms with Crippen molar-refractivity contribution in [1.82, 2.24) is 5.32 Å². The van der Waals surface area contributed by atoms with Crippen molar-refractivity contribution in [1.29, 1.82) is 0 Å². The van der Waals surface area contributed by atoms with E-state index in [9.17, 15) is 14.7 Å². The first-order chi connectivity index (χ1) is 14.4. The van der Waals surface area contributed by atoms with Gasteiger partial charge in [0.25, 0.3) is 5.24 Å². The molecule has 7 heteroatoms. The van der Waals surface area contributed by atoms with Crippen LogP contribution in [0.1, 0.15) is 54.9 Å². The van der Waals surface area contributed by atoms with Crippen LogP contribution in [0.25, 0.3) is 0 Å². The van der Waals surface area contributed by atoms with E-state index >= 15 is 0 Å². The van der Waals surface area contributed by atoms with Crippen LogP contribution >= 0.6 is 11.8 Å². The maximum absolute atomic E-state index is 13.0. The molecule has 6 nitrogen and oxygen atoms in total. The second kappa shape index (κ2) is 9.12. The minimum Gasteiger partial charge on any atom is -0.458 e. The molecule has 0 aliphatic carbocycles.